The van der Waals surface area contributed by atoms with Crippen molar-refractivity contribution in [2.45, 2.75) is 19.3 Å². The van der Waals surface area contributed by atoms with Gasteiger partial charge >= 0.3 is 0 Å². The number of carbonyl (C=O) groups excluding carboxylic acids is 1. The number of amides is 1. The first-order valence-corrected chi connectivity index (χ1v) is 9.01. The molecule has 2 aromatic rings. The third-order valence-electron chi connectivity index (χ3n) is 4.64. The zero-order chi connectivity index (χ0) is 18.4. The van der Waals surface area contributed by atoms with E-state index in [-0.39, 0.29) is 18.7 Å². The second kappa shape index (κ2) is 8.50. The number of rotatable bonds is 5. The standard InChI is InChI=1S/C21H23N3O2/c22-15-19(21(26)23-8-11-25)13-16-4-5-18-14-20(7-6-17(18)12-16)24-9-2-1-3-10-24/h4-7,12-14,25H,1-3,8-11H2,(H,23,26)/b19-13+. The lowest BCUT2D eigenvalue weighted by atomic mass is 10.0. The van der Waals surface area contributed by atoms with Crippen LogP contribution in [0.15, 0.2) is 42.0 Å². The van der Waals surface area contributed by atoms with Gasteiger partial charge in [0.1, 0.15) is 11.6 Å². The average Bonchev–Trinajstić information content (AvgIpc) is 2.70. The van der Waals surface area contributed by atoms with Crippen LogP contribution in [-0.2, 0) is 4.79 Å². The summed E-state index contributed by atoms with van der Waals surface area (Å²) in [5, 5.41) is 22.7. The van der Waals surface area contributed by atoms with Crippen LogP contribution in [0.4, 0.5) is 5.69 Å². The SMILES string of the molecule is N#C/C(=C\c1ccc2cc(N3CCCCC3)ccc2c1)C(=O)NCCO. The summed E-state index contributed by atoms with van der Waals surface area (Å²) < 4.78 is 0. The summed E-state index contributed by atoms with van der Waals surface area (Å²) in [6.45, 7) is 2.20. The molecule has 0 bridgehead atoms. The van der Waals surface area contributed by atoms with Gasteiger partial charge in [-0.25, -0.2) is 0 Å². The van der Waals surface area contributed by atoms with Crippen molar-refractivity contribution < 1.29 is 9.90 Å². The van der Waals surface area contributed by atoms with Crippen molar-refractivity contribution in [1.29, 1.82) is 5.26 Å². The highest BCUT2D eigenvalue weighted by atomic mass is 16.3. The Morgan fingerprint density at radius 3 is 2.62 bits per heavy atom. The van der Waals surface area contributed by atoms with E-state index in [1.165, 1.54) is 24.9 Å². The molecule has 5 heteroatoms. The number of benzene rings is 2. The third kappa shape index (κ3) is 4.22. The summed E-state index contributed by atoms with van der Waals surface area (Å²) in [6, 6.07) is 14.3. The van der Waals surface area contributed by atoms with E-state index in [0.29, 0.717) is 0 Å². The van der Waals surface area contributed by atoms with Crippen LogP contribution >= 0.6 is 0 Å². The zero-order valence-electron chi connectivity index (χ0n) is 14.7. The summed E-state index contributed by atoms with van der Waals surface area (Å²) in [6.07, 6.45) is 5.38. The number of hydrogen-bond donors (Lipinski definition) is 2. The fourth-order valence-corrected chi connectivity index (χ4v) is 3.27. The van der Waals surface area contributed by atoms with Crippen LogP contribution in [-0.4, -0.2) is 37.3 Å². The van der Waals surface area contributed by atoms with Gasteiger partial charge in [0.15, 0.2) is 0 Å². The first kappa shape index (κ1) is 18.0. The summed E-state index contributed by atoms with van der Waals surface area (Å²) in [5.74, 6) is -0.470. The molecule has 134 valence electrons. The Balaban J connectivity index is 1.83. The van der Waals surface area contributed by atoms with E-state index >= 15 is 0 Å². The molecule has 26 heavy (non-hydrogen) atoms. The molecule has 5 nitrogen and oxygen atoms in total. The third-order valence-corrected chi connectivity index (χ3v) is 4.64. The molecule has 1 amide bonds. The fraction of sp³-hybridized carbons (Fsp3) is 0.333. The topological polar surface area (TPSA) is 76.4 Å². The largest absolute Gasteiger partial charge is 0.395 e. The quantitative estimate of drug-likeness (QED) is 0.643. The minimum absolute atomic E-state index is 0.0303. The van der Waals surface area contributed by atoms with Crippen molar-refractivity contribution in [1.82, 2.24) is 5.32 Å². The van der Waals surface area contributed by atoms with Crippen LogP contribution in [0.5, 0.6) is 0 Å². The first-order chi connectivity index (χ1) is 12.7. The van der Waals surface area contributed by atoms with Crippen molar-refractivity contribution in [2.24, 2.45) is 0 Å². The molecular weight excluding hydrogens is 326 g/mol. The second-order valence-corrected chi connectivity index (χ2v) is 6.49. The highest BCUT2D eigenvalue weighted by Gasteiger charge is 2.12. The lowest BCUT2D eigenvalue weighted by Gasteiger charge is -2.29. The number of aliphatic hydroxyl groups is 1. The molecule has 0 unspecified atom stereocenters. The molecule has 0 radical (unpaired) electrons. The summed E-state index contributed by atoms with van der Waals surface area (Å²) in [4.78, 5) is 14.3. The molecule has 1 heterocycles. The van der Waals surface area contributed by atoms with Crippen LogP contribution in [0.1, 0.15) is 24.8 Å². The van der Waals surface area contributed by atoms with Crippen molar-refractivity contribution in [2.75, 3.05) is 31.1 Å². The minimum atomic E-state index is -0.470. The molecule has 0 aromatic heterocycles. The van der Waals surface area contributed by atoms with Gasteiger partial charge in [0.05, 0.1) is 6.61 Å². The van der Waals surface area contributed by atoms with E-state index in [9.17, 15) is 10.1 Å². The average molecular weight is 349 g/mol. The Morgan fingerprint density at radius 1 is 1.15 bits per heavy atom. The Labute approximate surface area is 153 Å². The molecule has 1 aliphatic heterocycles. The van der Waals surface area contributed by atoms with E-state index in [1.807, 2.05) is 24.3 Å². The number of fused-ring (bicyclic) bond motifs is 1. The van der Waals surface area contributed by atoms with Gasteiger partial charge in [-0.3, -0.25) is 4.79 Å². The maximum Gasteiger partial charge on any atom is 0.262 e. The lowest BCUT2D eigenvalue weighted by Crippen LogP contribution is -2.29. The van der Waals surface area contributed by atoms with E-state index in [2.05, 4.69) is 28.4 Å². The highest BCUT2D eigenvalue weighted by molar-refractivity contribution is 6.02. The first-order valence-electron chi connectivity index (χ1n) is 9.01. The number of nitriles is 1. The van der Waals surface area contributed by atoms with Crippen molar-refractivity contribution >= 4 is 28.4 Å². The van der Waals surface area contributed by atoms with Crippen LogP contribution < -0.4 is 10.2 Å². The molecule has 0 aliphatic carbocycles. The Bertz CT molecular complexity index is 861. The molecule has 3 rings (SSSR count). The van der Waals surface area contributed by atoms with Crippen molar-refractivity contribution in [3.63, 3.8) is 0 Å². The molecule has 1 fully saturated rings. The fourth-order valence-electron chi connectivity index (χ4n) is 3.27. The predicted octanol–water partition coefficient (Wildman–Crippen LogP) is 2.85. The smallest absolute Gasteiger partial charge is 0.262 e. The number of carbonyl (C=O) groups is 1. The molecule has 2 N–H and O–H groups in total. The number of nitrogens with zero attached hydrogens (tertiary/aromatic N) is 2. The van der Waals surface area contributed by atoms with Crippen molar-refractivity contribution in [3.8, 4) is 6.07 Å². The van der Waals surface area contributed by atoms with Gasteiger partial charge < -0.3 is 15.3 Å². The number of aliphatic hydroxyl groups excluding tert-OH is 1. The molecule has 1 aliphatic rings. The number of nitrogens with one attached hydrogen (secondary N) is 1. The zero-order valence-corrected chi connectivity index (χ0v) is 14.7. The molecule has 1 saturated heterocycles. The molecule has 0 saturated carbocycles. The van der Waals surface area contributed by atoms with Gasteiger partial charge in [0.2, 0.25) is 0 Å². The predicted molar refractivity (Wildman–Crippen MR) is 104 cm³/mol. The van der Waals surface area contributed by atoms with Crippen molar-refractivity contribution in [3.05, 3.63) is 47.5 Å². The maximum atomic E-state index is 11.9. The van der Waals surface area contributed by atoms with E-state index in [4.69, 9.17) is 5.11 Å². The van der Waals surface area contributed by atoms with Gasteiger partial charge in [-0.1, -0.05) is 18.2 Å². The molecule has 2 aromatic carbocycles. The highest BCUT2D eigenvalue weighted by Crippen LogP contribution is 2.26. The van der Waals surface area contributed by atoms with Gasteiger partial charge in [-0.2, -0.15) is 5.26 Å². The monoisotopic (exact) mass is 349 g/mol. The van der Waals surface area contributed by atoms with E-state index in [0.717, 1.165) is 29.4 Å². The second-order valence-electron chi connectivity index (χ2n) is 6.49. The number of hydrogen-bond acceptors (Lipinski definition) is 4. The minimum Gasteiger partial charge on any atom is -0.395 e. The lowest BCUT2D eigenvalue weighted by molar-refractivity contribution is -0.117. The van der Waals surface area contributed by atoms with E-state index < -0.39 is 5.91 Å². The molecular formula is C21H23N3O2. The van der Waals surface area contributed by atoms with Crippen LogP contribution in [0.25, 0.3) is 16.8 Å². The maximum absolute atomic E-state index is 11.9. The van der Waals surface area contributed by atoms with Gasteiger partial charge in [0.25, 0.3) is 5.91 Å². The Hall–Kier alpha value is -2.84. The van der Waals surface area contributed by atoms with Crippen LogP contribution in [0.2, 0.25) is 0 Å². The van der Waals surface area contributed by atoms with Crippen LogP contribution in [0.3, 0.4) is 0 Å². The molecule has 0 atom stereocenters. The van der Waals surface area contributed by atoms with E-state index in [1.54, 1.807) is 6.08 Å². The summed E-state index contributed by atoms with van der Waals surface area (Å²) >= 11 is 0. The normalized spacial score (nSPS) is 14.9. The van der Waals surface area contributed by atoms with Gasteiger partial charge in [-0.05, 0) is 59.9 Å². The van der Waals surface area contributed by atoms with Crippen LogP contribution in [0, 0.1) is 11.3 Å². The number of anilines is 1. The summed E-state index contributed by atoms with van der Waals surface area (Å²) in [7, 11) is 0. The van der Waals surface area contributed by atoms with Gasteiger partial charge in [0, 0.05) is 25.3 Å². The Kier molecular flexibility index (Phi) is 5.88. The Morgan fingerprint density at radius 2 is 1.88 bits per heavy atom. The number of piperidine rings is 1. The summed E-state index contributed by atoms with van der Waals surface area (Å²) in [5.41, 5.74) is 2.09. The molecule has 0 spiro atoms. The van der Waals surface area contributed by atoms with Gasteiger partial charge in [-0.15, -0.1) is 0 Å².